The van der Waals surface area contributed by atoms with Crippen molar-refractivity contribution >= 4 is 50.0 Å². The van der Waals surface area contributed by atoms with Crippen LogP contribution in [0.1, 0.15) is 27.2 Å². The molecule has 0 aliphatic rings. The number of para-hydroxylation sites is 1. The number of Topliss-reactive ketones (excluding diaryl/α,β-unsaturated/α-hetero) is 1. The Labute approximate surface area is 181 Å². The second-order valence-corrected chi connectivity index (χ2v) is 9.24. The lowest BCUT2D eigenvalue weighted by Gasteiger charge is -2.06. The van der Waals surface area contributed by atoms with Crippen molar-refractivity contribution in [2.45, 2.75) is 32.0 Å². The van der Waals surface area contributed by atoms with Crippen molar-refractivity contribution in [1.82, 2.24) is 14.1 Å². The summed E-state index contributed by atoms with van der Waals surface area (Å²) in [6.07, 6.45) is 2.21. The number of ketones is 1. The second-order valence-electron chi connectivity index (χ2n) is 7.10. The van der Waals surface area contributed by atoms with E-state index in [1.165, 1.54) is 27.7 Å². The minimum Gasteiger partial charge on any atom is -0.346 e. The van der Waals surface area contributed by atoms with Gasteiger partial charge in [0.15, 0.2) is 10.9 Å². The van der Waals surface area contributed by atoms with Gasteiger partial charge in [0.1, 0.15) is 4.83 Å². The molecular weight excluding hydrogens is 416 g/mol. The number of aromatic nitrogens is 3. The van der Waals surface area contributed by atoms with Crippen LogP contribution in [0.3, 0.4) is 0 Å². The van der Waals surface area contributed by atoms with Crippen LogP contribution in [0, 0.1) is 25.2 Å². The maximum Gasteiger partial charge on any atom is 0.262 e. The largest absolute Gasteiger partial charge is 0.346 e. The number of hydrogen-bond donors (Lipinski definition) is 0. The SMILES string of the molecule is Cc1sc2nc(SCC(=O)c3cn(CCC#N)c4ccccc34)n(C)c(=O)c2c1C. The van der Waals surface area contributed by atoms with E-state index in [0.29, 0.717) is 29.1 Å². The van der Waals surface area contributed by atoms with Gasteiger partial charge in [-0.05, 0) is 25.5 Å². The van der Waals surface area contributed by atoms with Gasteiger partial charge in [0.2, 0.25) is 0 Å². The molecule has 6 nitrogen and oxygen atoms in total. The van der Waals surface area contributed by atoms with Crippen LogP contribution in [0.25, 0.3) is 21.1 Å². The molecule has 0 unspecified atom stereocenters. The van der Waals surface area contributed by atoms with Crippen molar-refractivity contribution in [3.05, 3.63) is 56.8 Å². The van der Waals surface area contributed by atoms with E-state index in [4.69, 9.17) is 5.26 Å². The molecular formula is C22H20N4O2S2. The van der Waals surface area contributed by atoms with Gasteiger partial charge < -0.3 is 4.57 Å². The number of nitrogens with zero attached hydrogens (tertiary/aromatic N) is 4. The number of rotatable bonds is 6. The number of benzene rings is 1. The molecule has 3 aromatic heterocycles. The second kappa shape index (κ2) is 8.09. The highest BCUT2D eigenvalue weighted by molar-refractivity contribution is 7.99. The van der Waals surface area contributed by atoms with Crippen LogP contribution < -0.4 is 5.56 Å². The first-order valence-corrected chi connectivity index (χ1v) is 11.3. The Morgan fingerprint density at radius 3 is 2.83 bits per heavy atom. The smallest absolute Gasteiger partial charge is 0.262 e. The highest BCUT2D eigenvalue weighted by atomic mass is 32.2. The van der Waals surface area contributed by atoms with E-state index in [2.05, 4.69) is 11.1 Å². The van der Waals surface area contributed by atoms with Crippen molar-refractivity contribution < 1.29 is 4.79 Å². The topological polar surface area (TPSA) is 80.7 Å². The Kier molecular flexibility index (Phi) is 5.50. The molecule has 0 radical (unpaired) electrons. The number of fused-ring (bicyclic) bond motifs is 2. The summed E-state index contributed by atoms with van der Waals surface area (Å²) in [7, 11) is 1.70. The Hall–Kier alpha value is -2.89. The zero-order valence-electron chi connectivity index (χ0n) is 16.9. The molecule has 0 N–H and O–H groups in total. The third-order valence-electron chi connectivity index (χ3n) is 5.26. The molecule has 0 aliphatic carbocycles. The average Bonchev–Trinajstić information content (AvgIpc) is 3.25. The van der Waals surface area contributed by atoms with Crippen LogP contribution in [0.2, 0.25) is 0 Å². The third kappa shape index (κ3) is 3.44. The summed E-state index contributed by atoms with van der Waals surface area (Å²) in [5.41, 5.74) is 2.47. The predicted octanol–water partition coefficient (Wildman–Crippen LogP) is 4.46. The summed E-state index contributed by atoms with van der Waals surface area (Å²) in [6.45, 7) is 4.47. The van der Waals surface area contributed by atoms with Gasteiger partial charge >= 0.3 is 0 Å². The Balaban J connectivity index is 1.64. The van der Waals surface area contributed by atoms with Crippen LogP contribution in [0.4, 0.5) is 0 Å². The number of carbonyl (C=O) groups excluding carboxylic acids is 1. The molecule has 4 rings (SSSR count). The molecule has 0 spiro atoms. The number of nitriles is 1. The minimum atomic E-state index is -0.0788. The fourth-order valence-corrected chi connectivity index (χ4v) is 5.44. The first-order valence-electron chi connectivity index (χ1n) is 9.50. The summed E-state index contributed by atoms with van der Waals surface area (Å²) >= 11 is 2.78. The molecule has 0 atom stereocenters. The summed E-state index contributed by atoms with van der Waals surface area (Å²) in [5, 5.41) is 11.0. The molecule has 8 heteroatoms. The van der Waals surface area contributed by atoms with E-state index in [0.717, 1.165) is 26.2 Å². The van der Waals surface area contributed by atoms with Gasteiger partial charge in [0.25, 0.3) is 5.56 Å². The summed E-state index contributed by atoms with van der Waals surface area (Å²) < 4.78 is 3.48. The van der Waals surface area contributed by atoms with Crippen molar-refractivity contribution in [2.75, 3.05) is 5.75 Å². The molecule has 4 aromatic rings. The lowest BCUT2D eigenvalue weighted by atomic mass is 10.1. The summed E-state index contributed by atoms with van der Waals surface area (Å²) in [6, 6.07) is 9.86. The van der Waals surface area contributed by atoms with Gasteiger partial charge in [-0.15, -0.1) is 11.3 Å². The third-order valence-corrected chi connectivity index (χ3v) is 7.39. The van der Waals surface area contributed by atoms with Gasteiger partial charge in [0, 0.05) is 41.1 Å². The van der Waals surface area contributed by atoms with Crippen molar-refractivity contribution in [1.29, 1.82) is 5.26 Å². The molecule has 0 saturated heterocycles. The molecule has 1 aromatic carbocycles. The van der Waals surface area contributed by atoms with E-state index in [1.54, 1.807) is 7.05 Å². The highest BCUT2D eigenvalue weighted by Gasteiger charge is 2.18. The Bertz CT molecular complexity index is 1390. The van der Waals surface area contributed by atoms with Crippen molar-refractivity contribution in [3.8, 4) is 6.07 Å². The van der Waals surface area contributed by atoms with Gasteiger partial charge in [-0.1, -0.05) is 30.0 Å². The summed E-state index contributed by atoms with van der Waals surface area (Å²) in [5.74, 6) is 0.154. The van der Waals surface area contributed by atoms with E-state index >= 15 is 0 Å². The number of thiophene rings is 1. The zero-order valence-corrected chi connectivity index (χ0v) is 18.6. The monoisotopic (exact) mass is 436 g/mol. The first kappa shape index (κ1) is 20.4. The number of carbonyl (C=O) groups is 1. The van der Waals surface area contributed by atoms with Crippen LogP contribution in [0.5, 0.6) is 0 Å². The van der Waals surface area contributed by atoms with Crippen LogP contribution >= 0.6 is 23.1 Å². The van der Waals surface area contributed by atoms with Gasteiger partial charge in [0.05, 0.1) is 23.6 Å². The van der Waals surface area contributed by atoms with Gasteiger partial charge in [-0.2, -0.15) is 5.26 Å². The summed E-state index contributed by atoms with van der Waals surface area (Å²) in [4.78, 5) is 32.2. The van der Waals surface area contributed by atoms with E-state index in [-0.39, 0.29) is 17.1 Å². The molecule has 0 amide bonds. The average molecular weight is 437 g/mol. The molecule has 0 aliphatic heterocycles. The molecule has 0 fully saturated rings. The quantitative estimate of drug-likeness (QED) is 0.253. The molecule has 0 bridgehead atoms. The van der Waals surface area contributed by atoms with Crippen LogP contribution in [-0.2, 0) is 13.6 Å². The molecule has 3 heterocycles. The molecule has 152 valence electrons. The fraction of sp³-hybridized carbons (Fsp3) is 0.273. The lowest BCUT2D eigenvalue weighted by molar-refractivity contribution is 0.102. The van der Waals surface area contributed by atoms with Gasteiger partial charge in [-0.25, -0.2) is 4.98 Å². The van der Waals surface area contributed by atoms with E-state index in [9.17, 15) is 9.59 Å². The maximum absolute atomic E-state index is 13.0. The fourth-order valence-electron chi connectivity index (χ4n) is 3.52. The van der Waals surface area contributed by atoms with E-state index < -0.39 is 0 Å². The van der Waals surface area contributed by atoms with Crippen molar-refractivity contribution in [3.63, 3.8) is 0 Å². The van der Waals surface area contributed by atoms with Crippen LogP contribution in [0.15, 0.2) is 40.4 Å². The highest BCUT2D eigenvalue weighted by Crippen LogP contribution is 2.29. The van der Waals surface area contributed by atoms with E-state index in [1.807, 2.05) is 48.9 Å². The number of thioether (sulfide) groups is 1. The Morgan fingerprint density at radius 2 is 2.07 bits per heavy atom. The standard InChI is InChI=1S/C22H20N4O2S2/c1-13-14(2)30-20-19(13)21(28)25(3)22(24-20)29-12-18(27)16-11-26(10-6-9-23)17-8-5-4-7-15(16)17/h4-5,7-8,11H,6,10,12H2,1-3H3. The Morgan fingerprint density at radius 1 is 1.30 bits per heavy atom. The zero-order chi connectivity index (χ0) is 21.4. The first-order chi connectivity index (χ1) is 14.4. The normalized spacial score (nSPS) is 11.3. The maximum atomic E-state index is 13.0. The molecule has 0 saturated carbocycles. The predicted molar refractivity (Wildman–Crippen MR) is 122 cm³/mol. The molecule has 30 heavy (non-hydrogen) atoms. The minimum absolute atomic E-state index is 0.0280. The number of hydrogen-bond acceptors (Lipinski definition) is 6. The lowest BCUT2D eigenvalue weighted by Crippen LogP contribution is -2.20. The van der Waals surface area contributed by atoms with Gasteiger partial charge in [-0.3, -0.25) is 14.2 Å². The van der Waals surface area contributed by atoms with Crippen molar-refractivity contribution in [2.24, 2.45) is 7.05 Å². The van der Waals surface area contributed by atoms with Crippen LogP contribution in [-0.4, -0.2) is 25.7 Å². The number of aryl methyl sites for hydroxylation is 3.